The third-order valence-corrected chi connectivity index (χ3v) is 6.23. The number of nitrogens with zero attached hydrogens (tertiary/aromatic N) is 3. The van der Waals surface area contributed by atoms with E-state index in [-0.39, 0.29) is 30.0 Å². The van der Waals surface area contributed by atoms with Crippen molar-refractivity contribution in [3.8, 4) is 5.75 Å². The summed E-state index contributed by atoms with van der Waals surface area (Å²) in [6.07, 6.45) is 3.54. The molecule has 0 amide bonds. The molecule has 1 atom stereocenters. The van der Waals surface area contributed by atoms with Crippen LogP contribution in [0, 0.1) is 5.92 Å². The molecule has 3 rings (SSSR count). The van der Waals surface area contributed by atoms with Crippen LogP contribution in [0.5, 0.6) is 5.75 Å². The van der Waals surface area contributed by atoms with Gasteiger partial charge in [-0.2, -0.15) is 0 Å². The average Bonchev–Trinajstić information content (AvgIpc) is 2.82. The maximum absolute atomic E-state index is 5.57. The van der Waals surface area contributed by atoms with Crippen LogP contribution in [0.3, 0.4) is 0 Å². The van der Waals surface area contributed by atoms with E-state index in [1.54, 1.807) is 7.11 Å². The molecule has 0 aliphatic carbocycles. The highest BCUT2D eigenvalue weighted by Crippen LogP contribution is 2.24. The van der Waals surface area contributed by atoms with Gasteiger partial charge in [0.05, 0.1) is 26.4 Å². The van der Waals surface area contributed by atoms with E-state index in [2.05, 4.69) is 39.3 Å². The van der Waals surface area contributed by atoms with Gasteiger partial charge in [-0.1, -0.05) is 12.1 Å². The SMILES string of the molecule is CN=C(NCC(c1ccc(OC)cc1)N1CCOCC1)N(C)CCC1CCOCC1.I. The second-order valence-corrected chi connectivity index (χ2v) is 8.13. The fraction of sp³-hybridized carbons (Fsp3) is 0.696. The van der Waals surface area contributed by atoms with E-state index in [9.17, 15) is 0 Å². The molecule has 2 heterocycles. The van der Waals surface area contributed by atoms with Gasteiger partial charge in [0.2, 0.25) is 0 Å². The number of aliphatic imine (C=N–C) groups is 1. The van der Waals surface area contributed by atoms with Gasteiger partial charge < -0.3 is 24.4 Å². The highest BCUT2D eigenvalue weighted by molar-refractivity contribution is 14.0. The fourth-order valence-corrected chi connectivity index (χ4v) is 4.26. The van der Waals surface area contributed by atoms with Crippen LogP contribution >= 0.6 is 24.0 Å². The summed E-state index contributed by atoms with van der Waals surface area (Å²) in [5.74, 6) is 2.60. The monoisotopic (exact) mass is 546 g/mol. The number of guanidine groups is 1. The van der Waals surface area contributed by atoms with Crippen LogP contribution in [-0.2, 0) is 9.47 Å². The van der Waals surface area contributed by atoms with Crippen LogP contribution in [-0.4, -0.2) is 89.6 Å². The normalized spacial score (nSPS) is 19.4. The summed E-state index contributed by atoms with van der Waals surface area (Å²) in [5.41, 5.74) is 1.28. The topological polar surface area (TPSA) is 58.6 Å². The summed E-state index contributed by atoms with van der Waals surface area (Å²) in [6, 6.07) is 8.67. The van der Waals surface area contributed by atoms with Crippen molar-refractivity contribution in [3.05, 3.63) is 29.8 Å². The molecule has 31 heavy (non-hydrogen) atoms. The highest BCUT2D eigenvalue weighted by Gasteiger charge is 2.23. The molecule has 0 spiro atoms. The second kappa shape index (κ2) is 14.1. The van der Waals surface area contributed by atoms with Gasteiger partial charge in [-0.05, 0) is 42.9 Å². The van der Waals surface area contributed by atoms with Crippen molar-refractivity contribution in [2.24, 2.45) is 10.9 Å². The summed E-state index contributed by atoms with van der Waals surface area (Å²) in [5, 5.41) is 3.62. The van der Waals surface area contributed by atoms with Gasteiger partial charge in [-0.25, -0.2) is 0 Å². The molecule has 2 aliphatic rings. The number of morpholine rings is 1. The maximum Gasteiger partial charge on any atom is 0.193 e. The van der Waals surface area contributed by atoms with E-state index >= 15 is 0 Å². The standard InChI is InChI=1S/C23H38N4O3.HI/c1-24-23(26(2)11-8-19-9-14-29-15-10-19)25-18-22(27-12-16-30-17-13-27)20-4-6-21(28-3)7-5-20;/h4-7,19,22H,8-18H2,1-3H3,(H,24,25);1H. The Kier molecular flexibility index (Phi) is 11.9. The lowest BCUT2D eigenvalue weighted by atomic mass is 9.96. The van der Waals surface area contributed by atoms with Gasteiger partial charge in [-0.15, -0.1) is 24.0 Å². The number of methoxy groups -OCH3 is 1. The maximum atomic E-state index is 5.57. The van der Waals surface area contributed by atoms with Gasteiger partial charge in [0.15, 0.2) is 5.96 Å². The predicted octanol–water partition coefficient (Wildman–Crippen LogP) is 3.01. The van der Waals surface area contributed by atoms with Crippen LogP contribution in [0.1, 0.15) is 30.9 Å². The van der Waals surface area contributed by atoms with Crippen LogP contribution in [0.15, 0.2) is 29.3 Å². The van der Waals surface area contributed by atoms with Crippen molar-refractivity contribution in [3.63, 3.8) is 0 Å². The molecule has 0 radical (unpaired) electrons. The smallest absolute Gasteiger partial charge is 0.193 e. The number of halogens is 1. The van der Waals surface area contributed by atoms with Gasteiger partial charge >= 0.3 is 0 Å². The van der Waals surface area contributed by atoms with Crippen molar-refractivity contribution in [1.29, 1.82) is 0 Å². The van der Waals surface area contributed by atoms with Crippen molar-refractivity contribution in [1.82, 2.24) is 15.1 Å². The molecule has 1 aromatic rings. The summed E-state index contributed by atoms with van der Waals surface area (Å²) < 4.78 is 16.4. The molecule has 1 unspecified atom stereocenters. The van der Waals surface area contributed by atoms with Crippen molar-refractivity contribution >= 4 is 29.9 Å². The Morgan fingerprint density at radius 3 is 2.42 bits per heavy atom. The number of benzene rings is 1. The lowest BCUT2D eigenvalue weighted by Crippen LogP contribution is -2.47. The summed E-state index contributed by atoms with van der Waals surface area (Å²) in [4.78, 5) is 9.28. The molecule has 7 nitrogen and oxygen atoms in total. The lowest BCUT2D eigenvalue weighted by Gasteiger charge is -2.36. The van der Waals surface area contributed by atoms with Crippen LogP contribution < -0.4 is 10.1 Å². The lowest BCUT2D eigenvalue weighted by molar-refractivity contribution is 0.0169. The number of rotatable bonds is 8. The Hall–Kier alpha value is -1.10. The first-order valence-electron chi connectivity index (χ1n) is 11.2. The zero-order valence-corrected chi connectivity index (χ0v) is 21.5. The third kappa shape index (κ3) is 8.07. The number of hydrogen-bond acceptors (Lipinski definition) is 5. The van der Waals surface area contributed by atoms with E-state index in [1.807, 2.05) is 19.2 Å². The Morgan fingerprint density at radius 2 is 1.81 bits per heavy atom. The Labute approximate surface area is 204 Å². The Bertz CT molecular complexity index is 647. The predicted molar refractivity (Wildman–Crippen MR) is 136 cm³/mol. The largest absolute Gasteiger partial charge is 0.497 e. The molecular weight excluding hydrogens is 507 g/mol. The minimum absolute atomic E-state index is 0. The molecular formula is C23H39IN4O3. The summed E-state index contributed by atoms with van der Waals surface area (Å²) in [7, 11) is 5.70. The van der Waals surface area contributed by atoms with E-state index in [1.165, 1.54) is 24.8 Å². The van der Waals surface area contributed by atoms with Crippen LogP contribution in [0.25, 0.3) is 0 Å². The van der Waals surface area contributed by atoms with Gasteiger partial charge in [0.25, 0.3) is 0 Å². The number of hydrogen-bond donors (Lipinski definition) is 1. The quantitative estimate of drug-likeness (QED) is 0.308. The van der Waals surface area contributed by atoms with E-state index < -0.39 is 0 Å². The minimum Gasteiger partial charge on any atom is -0.497 e. The van der Waals surface area contributed by atoms with E-state index in [0.29, 0.717) is 0 Å². The van der Waals surface area contributed by atoms with E-state index in [0.717, 1.165) is 70.2 Å². The molecule has 1 aromatic carbocycles. The van der Waals surface area contributed by atoms with Gasteiger partial charge in [0, 0.05) is 53.5 Å². The summed E-state index contributed by atoms with van der Waals surface area (Å²) in [6.45, 7) is 7.08. The Morgan fingerprint density at radius 1 is 1.16 bits per heavy atom. The first-order valence-corrected chi connectivity index (χ1v) is 11.2. The average molecular weight is 546 g/mol. The van der Waals surface area contributed by atoms with Crippen molar-refractivity contribution < 1.29 is 14.2 Å². The zero-order chi connectivity index (χ0) is 21.2. The van der Waals surface area contributed by atoms with Crippen LogP contribution in [0.2, 0.25) is 0 Å². The first-order chi connectivity index (χ1) is 14.7. The first kappa shape index (κ1) is 26.2. The number of nitrogens with one attached hydrogen (secondary N) is 1. The summed E-state index contributed by atoms with van der Waals surface area (Å²) >= 11 is 0. The molecule has 1 N–H and O–H groups in total. The molecule has 2 aliphatic heterocycles. The molecule has 0 aromatic heterocycles. The molecule has 0 saturated carbocycles. The number of ether oxygens (including phenoxy) is 3. The van der Waals surface area contributed by atoms with Crippen molar-refractivity contribution in [2.45, 2.75) is 25.3 Å². The zero-order valence-electron chi connectivity index (χ0n) is 19.2. The van der Waals surface area contributed by atoms with Crippen molar-refractivity contribution in [2.75, 3.05) is 73.8 Å². The molecule has 8 heteroatoms. The highest BCUT2D eigenvalue weighted by atomic mass is 127. The molecule has 0 bridgehead atoms. The fourth-order valence-electron chi connectivity index (χ4n) is 4.26. The Balaban J connectivity index is 0.00000341. The van der Waals surface area contributed by atoms with Crippen LogP contribution in [0.4, 0.5) is 0 Å². The third-order valence-electron chi connectivity index (χ3n) is 6.23. The molecule has 2 saturated heterocycles. The second-order valence-electron chi connectivity index (χ2n) is 8.13. The minimum atomic E-state index is 0. The van der Waals surface area contributed by atoms with Gasteiger partial charge in [0.1, 0.15) is 5.75 Å². The molecule has 176 valence electrons. The van der Waals surface area contributed by atoms with Gasteiger partial charge in [-0.3, -0.25) is 9.89 Å². The molecule has 2 fully saturated rings. The van der Waals surface area contributed by atoms with E-state index in [4.69, 9.17) is 14.2 Å².